The molecule has 0 fully saturated rings. The van der Waals surface area contributed by atoms with Gasteiger partial charge in [-0.1, -0.05) is 6.07 Å². The van der Waals surface area contributed by atoms with E-state index in [1.807, 2.05) is 18.3 Å². The maximum Gasteiger partial charge on any atom is 0.0416 e. The smallest absolute Gasteiger partial charge is 0.0416 e. The van der Waals surface area contributed by atoms with Gasteiger partial charge in [-0.3, -0.25) is 4.98 Å². The van der Waals surface area contributed by atoms with E-state index in [-0.39, 0.29) is 0 Å². The third-order valence-corrected chi connectivity index (χ3v) is 3.30. The Morgan fingerprint density at radius 3 is 3.00 bits per heavy atom. The number of nitrogens with one attached hydrogen (secondary N) is 1. The molecule has 0 amide bonds. The number of aromatic nitrogens is 1. The highest BCUT2D eigenvalue weighted by molar-refractivity contribution is 7.07. The Bertz CT molecular complexity index is 397. The Hall–Kier alpha value is -1.19. The van der Waals surface area contributed by atoms with Gasteiger partial charge in [-0.2, -0.15) is 11.3 Å². The quantitative estimate of drug-likeness (QED) is 0.857. The largest absolute Gasteiger partial charge is 0.310 e. The van der Waals surface area contributed by atoms with Crippen molar-refractivity contribution in [2.24, 2.45) is 0 Å². The number of rotatable bonds is 5. The summed E-state index contributed by atoms with van der Waals surface area (Å²) >= 11 is 1.75. The molecule has 2 rings (SSSR count). The predicted octanol–water partition coefficient (Wildman–Crippen LogP) is 3.04. The third kappa shape index (κ3) is 3.15. The molecule has 84 valence electrons. The summed E-state index contributed by atoms with van der Waals surface area (Å²) in [5.41, 5.74) is 2.51. The van der Waals surface area contributed by atoms with Gasteiger partial charge in [-0.05, 0) is 41.4 Å². The van der Waals surface area contributed by atoms with Crippen molar-refractivity contribution < 1.29 is 0 Å². The maximum atomic E-state index is 4.30. The number of nitrogens with zero attached hydrogens (tertiary/aromatic N) is 1. The molecule has 2 heterocycles. The lowest BCUT2D eigenvalue weighted by atomic mass is 10.2. The summed E-state index contributed by atoms with van der Waals surface area (Å²) in [7, 11) is 0. The predicted molar refractivity (Wildman–Crippen MR) is 68.7 cm³/mol. The fourth-order valence-electron chi connectivity index (χ4n) is 1.60. The average molecular weight is 232 g/mol. The molecule has 0 aromatic carbocycles. The highest BCUT2D eigenvalue weighted by Gasteiger charge is 2.04. The Morgan fingerprint density at radius 1 is 1.38 bits per heavy atom. The first-order chi connectivity index (χ1) is 7.86. The van der Waals surface area contributed by atoms with Gasteiger partial charge in [0.15, 0.2) is 0 Å². The highest BCUT2D eigenvalue weighted by atomic mass is 32.1. The maximum absolute atomic E-state index is 4.30. The van der Waals surface area contributed by atoms with Gasteiger partial charge in [0.05, 0.1) is 0 Å². The Balaban J connectivity index is 1.76. The third-order valence-electron chi connectivity index (χ3n) is 2.60. The van der Waals surface area contributed by atoms with E-state index in [0.29, 0.717) is 6.04 Å². The van der Waals surface area contributed by atoms with Gasteiger partial charge in [0.25, 0.3) is 0 Å². The van der Waals surface area contributed by atoms with E-state index in [0.717, 1.165) is 18.7 Å². The zero-order valence-electron chi connectivity index (χ0n) is 9.39. The van der Waals surface area contributed by atoms with E-state index in [4.69, 9.17) is 0 Å². The van der Waals surface area contributed by atoms with Gasteiger partial charge in [0, 0.05) is 30.9 Å². The van der Waals surface area contributed by atoms with Gasteiger partial charge in [0.1, 0.15) is 0 Å². The van der Waals surface area contributed by atoms with Crippen LogP contribution in [-0.4, -0.2) is 11.5 Å². The van der Waals surface area contributed by atoms with Crippen LogP contribution in [0.4, 0.5) is 0 Å². The van der Waals surface area contributed by atoms with E-state index in [1.165, 1.54) is 5.56 Å². The molecular formula is C13H16N2S. The second kappa shape index (κ2) is 5.77. The standard InChI is InChI=1S/C13H16N2S/c1-11(12-6-9-16-10-12)14-8-5-13-4-2-3-7-15-13/h2-4,6-7,9-11,14H,5,8H2,1H3. The molecule has 0 radical (unpaired) electrons. The fraction of sp³-hybridized carbons (Fsp3) is 0.308. The minimum absolute atomic E-state index is 0.426. The highest BCUT2D eigenvalue weighted by Crippen LogP contribution is 2.15. The van der Waals surface area contributed by atoms with Crippen LogP contribution in [-0.2, 0) is 6.42 Å². The molecule has 0 spiro atoms. The van der Waals surface area contributed by atoms with Crippen molar-refractivity contribution in [3.63, 3.8) is 0 Å². The number of thiophene rings is 1. The molecule has 16 heavy (non-hydrogen) atoms. The van der Waals surface area contributed by atoms with Crippen molar-refractivity contribution in [2.45, 2.75) is 19.4 Å². The van der Waals surface area contributed by atoms with Crippen LogP contribution in [0.2, 0.25) is 0 Å². The van der Waals surface area contributed by atoms with E-state index in [1.54, 1.807) is 11.3 Å². The molecule has 0 bridgehead atoms. The Kier molecular flexibility index (Phi) is 4.08. The van der Waals surface area contributed by atoms with Crippen molar-refractivity contribution in [3.8, 4) is 0 Å². The first-order valence-electron chi connectivity index (χ1n) is 5.51. The molecule has 0 saturated heterocycles. The molecule has 0 aliphatic rings. The van der Waals surface area contributed by atoms with Gasteiger partial charge >= 0.3 is 0 Å². The summed E-state index contributed by atoms with van der Waals surface area (Å²) in [4.78, 5) is 4.30. The van der Waals surface area contributed by atoms with Crippen molar-refractivity contribution in [2.75, 3.05) is 6.54 Å². The van der Waals surface area contributed by atoms with Crippen LogP contribution in [0.5, 0.6) is 0 Å². The monoisotopic (exact) mass is 232 g/mol. The van der Waals surface area contributed by atoms with E-state index >= 15 is 0 Å². The fourth-order valence-corrected chi connectivity index (χ4v) is 2.36. The van der Waals surface area contributed by atoms with Gasteiger partial charge in [0.2, 0.25) is 0 Å². The van der Waals surface area contributed by atoms with E-state index < -0.39 is 0 Å². The summed E-state index contributed by atoms with van der Waals surface area (Å²) in [5, 5.41) is 7.81. The Labute approximate surface area is 100 Å². The molecule has 0 saturated carbocycles. The van der Waals surface area contributed by atoms with Crippen molar-refractivity contribution in [3.05, 3.63) is 52.5 Å². The van der Waals surface area contributed by atoms with Crippen molar-refractivity contribution in [1.29, 1.82) is 0 Å². The first-order valence-corrected chi connectivity index (χ1v) is 6.46. The van der Waals surface area contributed by atoms with Crippen LogP contribution in [0.15, 0.2) is 41.2 Å². The second-order valence-corrected chi connectivity index (χ2v) is 4.58. The molecule has 1 atom stereocenters. The average Bonchev–Trinajstić information content (AvgIpc) is 2.84. The molecule has 3 heteroatoms. The van der Waals surface area contributed by atoms with Gasteiger partial charge < -0.3 is 5.32 Å². The topological polar surface area (TPSA) is 24.9 Å². The van der Waals surface area contributed by atoms with E-state index in [9.17, 15) is 0 Å². The minimum Gasteiger partial charge on any atom is -0.310 e. The molecule has 2 nitrogen and oxygen atoms in total. The SMILES string of the molecule is CC(NCCc1ccccn1)c1ccsc1. The number of pyridine rings is 1. The molecule has 2 aromatic heterocycles. The minimum atomic E-state index is 0.426. The summed E-state index contributed by atoms with van der Waals surface area (Å²) in [5.74, 6) is 0. The molecule has 1 N–H and O–H groups in total. The second-order valence-electron chi connectivity index (χ2n) is 3.80. The molecule has 0 aliphatic heterocycles. The lowest BCUT2D eigenvalue weighted by molar-refractivity contribution is 0.575. The normalized spacial score (nSPS) is 12.6. The van der Waals surface area contributed by atoms with Crippen LogP contribution in [0.25, 0.3) is 0 Å². The summed E-state index contributed by atoms with van der Waals surface area (Å²) in [6, 6.07) is 8.64. The zero-order valence-corrected chi connectivity index (χ0v) is 10.2. The van der Waals surface area contributed by atoms with Crippen LogP contribution in [0.1, 0.15) is 24.2 Å². The first kappa shape index (κ1) is 11.3. The van der Waals surface area contributed by atoms with Crippen molar-refractivity contribution in [1.82, 2.24) is 10.3 Å². The summed E-state index contributed by atoms with van der Waals surface area (Å²) < 4.78 is 0. The molecule has 0 aliphatic carbocycles. The molecule has 2 aromatic rings. The van der Waals surface area contributed by atoms with Crippen LogP contribution in [0.3, 0.4) is 0 Å². The lowest BCUT2D eigenvalue weighted by Gasteiger charge is -2.11. The van der Waals surface area contributed by atoms with Gasteiger partial charge in [-0.25, -0.2) is 0 Å². The van der Waals surface area contributed by atoms with Gasteiger partial charge in [-0.15, -0.1) is 0 Å². The van der Waals surface area contributed by atoms with Crippen LogP contribution >= 0.6 is 11.3 Å². The number of hydrogen-bond donors (Lipinski definition) is 1. The zero-order chi connectivity index (χ0) is 11.2. The van der Waals surface area contributed by atoms with Crippen LogP contribution < -0.4 is 5.32 Å². The summed E-state index contributed by atoms with van der Waals surface area (Å²) in [6.45, 7) is 3.16. The van der Waals surface area contributed by atoms with Crippen LogP contribution in [0, 0.1) is 0 Å². The lowest BCUT2D eigenvalue weighted by Crippen LogP contribution is -2.21. The molecule has 1 unspecified atom stereocenters. The number of hydrogen-bond acceptors (Lipinski definition) is 3. The summed E-state index contributed by atoms with van der Waals surface area (Å²) in [6.07, 6.45) is 2.83. The molecular weight excluding hydrogens is 216 g/mol. The van der Waals surface area contributed by atoms with Crippen molar-refractivity contribution >= 4 is 11.3 Å². The van der Waals surface area contributed by atoms with E-state index in [2.05, 4.69) is 40.1 Å². The Morgan fingerprint density at radius 2 is 2.31 bits per heavy atom.